The van der Waals surface area contributed by atoms with Gasteiger partial charge in [-0.2, -0.15) is 0 Å². The summed E-state index contributed by atoms with van der Waals surface area (Å²) in [7, 11) is 0. The van der Waals surface area contributed by atoms with E-state index in [9.17, 15) is 4.79 Å². The SMILES string of the molecule is CCCCOc1ccc(C(=O)Nc2cccc(-c3nc4ccccc4[nH]3)c2)cc1. The quantitative estimate of drug-likeness (QED) is 0.403. The van der Waals surface area contributed by atoms with E-state index in [1.807, 2.05) is 60.7 Å². The number of aromatic amines is 1. The minimum absolute atomic E-state index is 0.160. The molecule has 0 fully saturated rings. The minimum Gasteiger partial charge on any atom is -0.494 e. The maximum Gasteiger partial charge on any atom is 0.255 e. The van der Waals surface area contributed by atoms with Crippen molar-refractivity contribution < 1.29 is 9.53 Å². The summed E-state index contributed by atoms with van der Waals surface area (Å²) in [5.41, 5.74) is 4.12. The third kappa shape index (κ3) is 4.46. The molecule has 0 spiro atoms. The normalized spacial score (nSPS) is 10.8. The molecule has 0 unspecified atom stereocenters. The number of rotatable bonds is 7. The Morgan fingerprint density at radius 3 is 2.66 bits per heavy atom. The Kier molecular flexibility index (Phi) is 5.56. The molecule has 4 rings (SSSR count). The summed E-state index contributed by atoms with van der Waals surface area (Å²) in [6.45, 7) is 2.82. The molecule has 1 heterocycles. The number of H-pyrrole nitrogens is 1. The standard InChI is InChI=1S/C24H23N3O2/c1-2-3-15-29-20-13-11-17(12-14-20)24(28)25-19-8-6-7-18(16-19)23-26-21-9-4-5-10-22(21)27-23/h4-14,16H,2-3,15H2,1H3,(H,25,28)(H,26,27). The monoisotopic (exact) mass is 385 g/mol. The van der Waals surface area contributed by atoms with Crippen LogP contribution in [0.25, 0.3) is 22.4 Å². The van der Waals surface area contributed by atoms with Crippen LogP contribution in [-0.4, -0.2) is 22.5 Å². The van der Waals surface area contributed by atoms with Crippen molar-refractivity contribution in [1.29, 1.82) is 0 Å². The molecule has 0 bridgehead atoms. The Morgan fingerprint density at radius 1 is 1.03 bits per heavy atom. The summed E-state index contributed by atoms with van der Waals surface area (Å²) in [5, 5.41) is 2.95. The van der Waals surface area contributed by atoms with Crippen molar-refractivity contribution in [2.45, 2.75) is 19.8 Å². The maximum absolute atomic E-state index is 12.6. The number of amides is 1. The molecule has 0 aliphatic heterocycles. The molecule has 5 nitrogen and oxygen atoms in total. The van der Waals surface area contributed by atoms with Crippen LogP contribution in [0.1, 0.15) is 30.1 Å². The smallest absolute Gasteiger partial charge is 0.255 e. The highest BCUT2D eigenvalue weighted by Gasteiger charge is 2.09. The number of hydrogen-bond donors (Lipinski definition) is 2. The Labute approximate surface area is 169 Å². The third-order valence-corrected chi connectivity index (χ3v) is 4.67. The zero-order valence-electron chi connectivity index (χ0n) is 16.3. The molecule has 0 aliphatic rings. The molecule has 29 heavy (non-hydrogen) atoms. The van der Waals surface area contributed by atoms with Crippen molar-refractivity contribution in [3.63, 3.8) is 0 Å². The van der Waals surface area contributed by atoms with Crippen LogP contribution in [0.3, 0.4) is 0 Å². The van der Waals surface area contributed by atoms with Gasteiger partial charge < -0.3 is 15.0 Å². The van der Waals surface area contributed by atoms with E-state index in [-0.39, 0.29) is 5.91 Å². The molecule has 4 aromatic rings. The van der Waals surface area contributed by atoms with Crippen LogP contribution in [0.15, 0.2) is 72.8 Å². The Balaban J connectivity index is 1.46. The highest BCUT2D eigenvalue weighted by molar-refractivity contribution is 6.04. The van der Waals surface area contributed by atoms with Crippen LogP contribution in [0.5, 0.6) is 5.75 Å². The first-order valence-electron chi connectivity index (χ1n) is 9.82. The summed E-state index contributed by atoms with van der Waals surface area (Å²) in [4.78, 5) is 20.5. The van der Waals surface area contributed by atoms with Crippen molar-refractivity contribution in [3.05, 3.63) is 78.4 Å². The topological polar surface area (TPSA) is 67.0 Å². The van der Waals surface area contributed by atoms with Gasteiger partial charge in [-0.1, -0.05) is 37.6 Å². The molecule has 5 heteroatoms. The van der Waals surface area contributed by atoms with Crippen LogP contribution in [0.4, 0.5) is 5.69 Å². The molecule has 0 aliphatic carbocycles. The summed E-state index contributed by atoms with van der Waals surface area (Å²) in [6.07, 6.45) is 2.11. The highest BCUT2D eigenvalue weighted by Crippen LogP contribution is 2.23. The number of carbonyl (C=O) groups is 1. The van der Waals surface area contributed by atoms with Gasteiger partial charge in [0.15, 0.2) is 0 Å². The van der Waals surface area contributed by atoms with E-state index in [2.05, 4.69) is 22.2 Å². The molecule has 146 valence electrons. The number of fused-ring (bicyclic) bond motifs is 1. The zero-order chi connectivity index (χ0) is 20.1. The predicted molar refractivity (Wildman–Crippen MR) is 116 cm³/mol. The summed E-state index contributed by atoms with van der Waals surface area (Å²) in [6, 6.07) is 22.8. The van der Waals surface area contributed by atoms with E-state index in [0.29, 0.717) is 12.2 Å². The van der Waals surface area contributed by atoms with Crippen LogP contribution in [0, 0.1) is 0 Å². The lowest BCUT2D eigenvalue weighted by molar-refractivity contribution is 0.102. The van der Waals surface area contributed by atoms with E-state index >= 15 is 0 Å². The number of anilines is 1. The lowest BCUT2D eigenvalue weighted by atomic mass is 10.1. The fraction of sp³-hybridized carbons (Fsp3) is 0.167. The molecule has 2 N–H and O–H groups in total. The second-order valence-corrected chi connectivity index (χ2v) is 6.86. The number of nitrogens with zero attached hydrogens (tertiary/aromatic N) is 1. The molecular weight excluding hydrogens is 362 g/mol. The number of para-hydroxylation sites is 2. The fourth-order valence-electron chi connectivity index (χ4n) is 3.07. The van der Waals surface area contributed by atoms with Crippen molar-refractivity contribution in [3.8, 4) is 17.1 Å². The Morgan fingerprint density at radius 2 is 1.86 bits per heavy atom. The van der Waals surface area contributed by atoms with Crippen molar-refractivity contribution >= 4 is 22.6 Å². The number of carbonyl (C=O) groups excluding carboxylic acids is 1. The van der Waals surface area contributed by atoms with Gasteiger partial charge in [0, 0.05) is 16.8 Å². The van der Waals surface area contributed by atoms with Gasteiger partial charge in [0.05, 0.1) is 17.6 Å². The average Bonchev–Trinajstić information content (AvgIpc) is 3.19. The van der Waals surface area contributed by atoms with E-state index in [1.165, 1.54) is 0 Å². The highest BCUT2D eigenvalue weighted by atomic mass is 16.5. The molecule has 3 aromatic carbocycles. The molecule has 0 radical (unpaired) electrons. The number of aromatic nitrogens is 2. The Hall–Kier alpha value is -3.60. The molecule has 1 aromatic heterocycles. The lowest BCUT2D eigenvalue weighted by Crippen LogP contribution is -2.11. The first kappa shape index (κ1) is 18.7. The van der Waals surface area contributed by atoms with Gasteiger partial charge in [-0.05, 0) is 55.0 Å². The largest absolute Gasteiger partial charge is 0.494 e. The lowest BCUT2D eigenvalue weighted by Gasteiger charge is -2.08. The van der Waals surface area contributed by atoms with Gasteiger partial charge in [0.25, 0.3) is 5.91 Å². The van der Waals surface area contributed by atoms with Gasteiger partial charge in [-0.15, -0.1) is 0 Å². The molecule has 1 amide bonds. The minimum atomic E-state index is -0.160. The summed E-state index contributed by atoms with van der Waals surface area (Å²) < 4.78 is 5.65. The first-order chi connectivity index (χ1) is 14.2. The van der Waals surface area contributed by atoms with E-state index in [1.54, 1.807) is 12.1 Å². The number of ether oxygens (including phenoxy) is 1. The number of imidazole rings is 1. The van der Waals surface area contributed by atoms with E-state index < -0.39 is 0 Å². The molecular formula is C24H23N3O2. The summed E-state index contributed by atoms with van der Waals surface area (Å²) >= 11 is 0. The second-order valence-electron chi connectivity index (χ2n) is 6.86. The van der Waals surface area contributed by atoms with Crippen LogP contribution in [-0.2, 0) is 0 Å². The van der Waals surface area contributed by atoms with Gasteiger partial charge >= 0.3 is 0 Å². The Bertz CT molecular complexity index is 1080. The molecule has 0 saturated heterocycles. The fourth-order valence-corrected chi connectivity index (χ4v) is 3.07. The van der Waals surface area contributed by atoms with Gasteiger partial charge in [-0.25, -0.2) is 4.98 Å². The van der Waals surface area contributed by atoms with Crippen molar-refractivity contribution in [1.82, 2.24) is 9.97 Å². The van der Waals surface area contributed by atoms with Gasteiger partial charge in [-0.3, -0.25) is 4.79 Å². The summed E-state index contributed by atoms with van der Waals surface area (Å²) in [5.74, 6) is 1.39. The van der Waals surface area contributed by atoms with E-state index in [0.717, 1.165) is 46.7 Å². The maximum atomic E-state index is 12.6. The predicted octanol–water partition coefficient (Wildman–Crippen LogP) is 5.66. The average molecular weight is 385 g/mol. The zero-order valence-corrected chi connectivity index (χ0v) is 16.3. The van der Waals surface area contributed by atoms with Crippen LogP contribution in [0.2, 0.25) is 0 Å². The second kappa shape index (κ2) is 8.61. The van der Waals surface area contributed by atoms with Crippen LogP contribution < -0.4 is 10.1 Å². The van der Waals surface area contributed by atoms with Crippen molar-refractivity contribution in [2.75, 3.05) is 11.9 Å². The number of unbranched alkanes of at least 4 members (excludes halogenated alkanes) is 1. The van der Waals surface area contributed by atoms with Gasteiger partial charge in [0.1, 0.15) is 11.6 Å². The number of hydrogen-bond acceptors (Lipinski definition) is 3. The van der Waals surface area contributed by atoms with Crippen molar-refractivity contribution in [2.24, 2.45) is 0 Å². The molecule has 0 saturated carbocycles. The molecule has 0 atom stereocenters. The first-order valence-corrected chi connectivity index (χ1v) is 9.82. The number of nitrogens with one attached hydrogen (secondary N) is 2. The van der Waals surface area contributed by atoms with Crippen LogP contribution >= 0.6 is 0 Å². The van der Waals surface area contributed by atoms with E-state index in [4.69, 9.17) is 4.74 Å². The number of benzene rings is 3. The third-order valence-electron chi connectivity index (χ3n) is 4.67. The van der Waals surface area contributed by atoms with Gasteiger partial charge in [0.2, 0.25) is 0 Å².